The molecule has 0 amide bonds. The van der Waals surface area contributed by atoms with Crippen molar-refractivity contribution in [3.63, 3.8) is 0 Å². The van der Waals surface area contributed by atoms with E-state index in [1.54, 1.807) is 48.5 Å². The van der Waals surface area contributed by atoms with E-state index >= 15 is 0 Å². The molecule has 0 heterocycles. The Morgan fingerprint density at radius 2 is 0.893 bits per heavy atom. The summed E-state index contributed by atoms with van der Waals surface area (Å²) in [6.07, 6.45) is 1.86. The quantitative estimate of drug-likeness (QED) is 0.0999. The third-order valence-corrected chi connectivity index (χ3v) is 8.52. The zero-order chi connectivity index (χ0) is 40.7. The number of benzene rings is 6. The smallest absolute Gasteiger partial charge is 0.275 e. The molecule has 0 spiro atoms. The predicted octanol–water partition coefficient (Wildman–Crippen LogP) is 12.3. The summed E-state index contributed by atoms with van der Waals surface area (Å²) in [5, 5.41) is 18.1. The molecule has 290 valence electrons. The first-order valence-electron chi connectivity index (χ1n) is 17.9. The lowest BCUT2D eigenvalue weighted by molar-refractivity contribution is 0.474. The zero-order valence-electron chi connectivity index (χ0n) is 32.6. The van der Waals surface area contributed by atoms with E-state index in [4.69, 9.17) is 23.6 Å². The van der Waals surface area contributed by atoms with Gasteiger partial charge in [0.05, 0.1) is 0 Å². The Labute approximate surface area is 337 Å². The summed E-state index contributed by atoms with van der Waals surface area (Å²) in [6, 6.07) is 53.2. The van der Waals surface area contributed by atoms with Crippen molar-refractivity contribution in [1.29, 1.82) is 0 Å². The van der Waals surface area contributed by atoms with Crippen molar-refractivity contribution in [1.82, 2.24) is 0 Å². The van der Waals surface area contributed by atoms with Crippen LogP contribution in [0.15, 0.2) is 170 Å². The third kappa shape index (κ3) is 20.1. The van der Waals surface area contributed by atoms with Crippen LogP contribution in [0, 0.1) is 23.7 Å². The highest BCUT2D eigenvalue weighted by Crippen LogP contribution is 2.34. The lowest BCUT2D eigenvalue weighted by Gasteiger charge is -2.26. The molecule has 0 saturated carbocycles. The minimum atomic E-state index is -0.465. The largest absolute Gasteiger partial charge is 0.508 e. The van der Waals surface area contributed by atoms with E-state index in [1.165, 1.54) is 11.1 Å². The van der Waals surface area contributed by atoms with Crippen molar-refractivity contribution in [3.05, 3.63) is 187 Å². The molecule has 0 aromatic heterocycles. The van der Waals surface area contributed by atoms with Crippen molar-refractivity contribution in [2.45, 2.75) is 52.9 Å². The van der Waals surface area contributed by atoms with Gasteiger partial charge >= 0.3 is 0 Å². The number of para-hydroxylation sites is 3. The topological polar surface area (TPSA) is 88.4 Å². The van der Waals surface area contributed by atoms with Gasteiger partial charge in [-0.1, -0.05) is 136 Å². The molecule has 0 saturated heterocycles. The second-order valence-electron chi connectivity index (χ2n) is 12.0. The molecule has 2 atom stereocenters. The highest BCUT2D eigenvalue weighted by atomic mass is 31.1. The first kappa shape index (κ1) is 46.4. The number of phenols is 2. The molecule has 6 aromatic rings. The molecule has 0 fully saturated rings. The SMILES string of the molecule is CC#CCC.CC#CCc1ccccc1.CC(C)(c1ccc(O)cc1)c1ccc(OPOc2ccccc2)cc1.OPOc1ccccc1.Oc1ccccc1. The first-order valence-corrected chi connectivity index (χ1v) is 19.6. The van der Waals surface area contributed by atoms with Gasteiger partial charge in [-0.15, -0.1) is 17.8 Å². The van der Waals surface area contributed by atoms with E-state index in [1.807, 2.05) is 118 Å². The Morgan fingerprint density at radius 3 is 1.29 bits per heavy atom. The number of hydrogen-bond donors (Lipinski definition) is 3. The molecule has 0 aliphatic carbocycles. The van der Waals surface area contributed by atoms with Crippen LogP contribution in [0.4, 0.5) is 0 Å². The zero-order valence-corrected chi connectivity index (χ0v) is 34.6. The Hall–Kier alpha value is -5.74. The fourth-order valence-corrected chi connectivity index (χ4v) is 5.27. The fraction of sp³-hybridized carbons (Fsp3) is 0.167. The van der Waals surface area contributed by atoms with E-state index in [9.17, 15) is 5.11 Å². The van der Waals surface area contributed by atoms with Crippen molar-refractivity contribution in [2.24, 2.45) is 0 Å². The van der Waals surface area contributed by atoms with Crippen LogP contribution in [0.2, 0.25) is 0 Å². The Kier molecular flexibility index (Phi) is 23.8. The van der Waals surface area contributed by atoms with Crippen LogP contribution < -0.4 is 13.6 Å². The molecule has 6 rings (SSSR count). The molecule has 56 heavy (non-hydrogen) atoms. The minimum Gasteiger partial charge on any atom is -0.508 e. The summed E-state index contributed by atoms with van der Waals surface area (Å²) in [6.45, 7) is 10.1. The number of rotatable bonds is 9. The van der Waals surface area contributed by atoms with E-state index in [2.05, 4.69) is 61.8 Å². The average Bonchev–Trinajstić information content (AvgIpc) is 3.23. The maximum Gasteiger partial charge on any atom is 0.275 e. The monoisotopic (exact) mass is 786 g/mol. The van der Waals surface area contributed by atoms with Crippen LogP contribution in [-0.4, -0.2) is 15.1 Å². The van der Waals surface area contributed by atoms with Gasteiger partial charge in [-0.25, -0.2) is 0 Å². The molecule has 6 nitrogen and oxygen atoms in total. The molecule has 6 aromatic carbocycles. The summed E-state index contributed by atoms with van der Waals surface area (Å²) in [5.41, 5.74) is 3.46. The van der Waals surface area contributed by atoms with Gasteiger partial charge in [0.25, 0.3) is 9.03 Å². The molecule has 0 aliphatic rings. The second kappa shape index (κ2) is 28.7. The summed E-state index contributed by atoms with van der Waals surface area (Å²) in [5.74, 6) is 14.4. The van der Waals surface area contributed by atoms with Gasteiger partial charge in [-0.3, -0.25) is 0 Å². The molecule has 3 N–H and O–H groups in total. The van der Waals surface area contributed by atoms with Crippen molar-refractivity contribution < 1.29 is 28.7 Å². The molecular formula is C48H52O6P2. The molecule has 8 heteroatoms. The van der Waals surface area contributed by atoms with Crippen LogP contribution in [0.1, 0.15) is 57.7 Å². The molecule has 0 aliphatic heterocycles. The van der Waals surface area contributed by atoms with Gasteiger partial charge < -0.3 is 28.7 Å². The van der Waals surface area contributed by atoms with Gasteiger partial charge in [0.1, 0.15) is 28.7 Å². The molecular weight excluding hydrogens is 734 g/mol. The third-order valence-electron chi connectivity index (χ3n) is 7.56. The van der Waals surface area contributed by atoms with Gasteiger partial charge in [-0.2, -0.15) is 0 Å². The standard InChI is InChI=1S/C21H21O3P.C10H10.C6H7O2P.C6H6O.C5H8/c1-21(2,16-8-12-18(22)13-9-16)17-10-14-20(15-11-17)24-25-23-19-6-4-3-5-7-19;1-2-3-7-10-8-5-4-6-9-10;7-9-8-6-4-2-1-3-5-6;7-6-4-2-1-3-5-6;1-3-5-4-2/h3-15,22,25H,1-2H3;4-6,8-9H,7H2,1H3;1-5,7,9H;1-5,7H;3H2,1-2H3. The normalized spacial score (nSPS) is 9.82. The van der Waals surface area contributed by atoms with Gasteiger partial charge in [0.15, 0.2) is 0 Å². The van der Waals surface area contributed by atoms with Gasteiger partial charge in [-0.05, 0) is 91.2 Å². The molecule has 2 unspecified atom stereocenters. The maximum absolute atomic E-state index is 9.47. The predicted molar refractivity (Wildman–Crippen MR) is 236 cm³/mol. The fourth-order valence-electron chi connectivity index (χ4n) is 4.52. The van der Waals surface area contributed by atoms with Crippen LogP contribution in [-0.2, 0) is 11.8 Å². The van der Waals surface area contributed by atoms with Crippen LogP contribution in [0.25, 0.3) is 0 Å². The van der Waals surface area contributed by atoms with Gasteiger partial charge in [0, 0.05) is 18.3 Å². The first-order chi connectivity index (χ1) is 27.2. The Bertz CT molecular complexity index is 1990. The summed E-state index contributed by atoms with van der Waals surface area (Å²) in [7, 11) is -0.551. The molecule has 0 bridgehead atoms. The maximum atomic E-state index is 9.47. The lowest BCUT2D eigenvalue weighted by Crippen LogP contribution is -2.18. The van der Waals surface area contributed by atoms with Crippen LogP contribution in [0.5, 0.6) is 28.7 Å². The summed E-state index contributed by atoms with van der Waals surface area (Å²) < 4.78 is 16.0. The highest BCUT2D eigenvalue weighted by molar-refractivity contribution is 7.27. The highest BCUT2D eigenvalue weighted by Gasteiger charge is 2.23. The van der Waals surface area contributed by atoms with E-state index in [0.717, 1.165) is 29.9 Å². The van der Waals surface area contributed by atoms with Crippen molar-refractivity contribution in [3.8, 4) is 52.4 Å². The van der Waals surface area contributed by atoms with Crippen molar-refractivity contribution >= 4 is 18.1 Å². The van der Waals surface area contributed by atoms with E-state index in [-0.39, 0.29) is 20.2 Å². The van der Waals surface area contributed by atoms with Gasteiger partial charge in [0.2, 0.25) is 9.03 Å². The van der Waals surface area contributed by atoms with Crippen molar-refractivity contribution in [2.75, 3.05) is 0 Å². The van der Waals surface area contributed by atoms with Crippen LogP contribution >= 0.6 is 18.1 Å². The summed E-state index contributed by atoms with van der Waals surface area (Å²) >= 11 is 0. The molecule has 0 radical (unpaired) electrons. The van der Waals surface area contributed by atoms with E-state index in [0.29, 0.717) is 11.5 Å². The van der Waals surface area contributed by atoms with Crippen LogP contribution in [0.3, 0.4) is 0 Å². The average molecular weight is 787 g/mol. The second-order valence-corrected chi connectivity index (χ2v) is 13.0. The Balaban J connectivity index is 0.000000285. The number of hydrogen-bond acceptors (Lipinski definition) is 6. The van der Waals surface area contributed by atoms with E-state index < -0.39 is 9.03 Å². The lowest BCUT2D eigenvalue weighted by atomic mass is 9.78. The number of aromatic hydroxyl groups is 2. The minimum absolute atomic E-state index is 0.0859. The number of phenolic OH excluding ortho intramolecular Hbond substituents is 2. The Morgan fingerprint density at radius 1 is 0.500 bits per heavy atom. The summed E-state index contributed by atoms with van der Waals surface area (Å²) in [4.78, 5) is 8.33.